The van der Waals surface area contributed by atoms with E-state index in [0.29, 0.717) is 17.4 Å². The molecule has 0 aliphatic carbocycles. The summed E-state index contributed by atoms with van der Waals surface area (Å²) in [5.41, 5.74) is 2.55. The van der Waals surface area contributed by atoms with Crippen molar-refractivity contribution < 1.29 is 0 Å². The van der Waals surface area contributed by atoms with Crippen molar-refractivity contribution in [2.75, 3.05) is 7.05 Å². The maximum absolute atomic E-state index is 6.31. The largest absolute Gasteiger partial charge is 0.317 e. The summed E-state index contributed by atoms with van der Waals surface area (Å²) < 4.78 is 1.76. The zero-order valence-electron chi connectivity index (χ0n) is 13.3. The van der Waals surface area contributed by atoms with Gasteiger partial charge in [-0.1, -0.05) is 39.3 Å². The Morgan fingerprint density at radius 3 is 2.32 bits per heavy atom. The molecule has 0 aliphatic rings. The third-order valence-electron chi connectivity index (χ3n) is 4.25. The lowest BCUT2D eigenvalue weighted by Crippen LogP contribution is -2.33. The Balaban J connectivity index is 2.77. The van der Waals surface area contributed by atoms with E-state index in [0.717, 1.165) is 23.7 Å². The van der Waals surface area contributed by atoms with Gasteiger partial charge < -0.3 is 5.32 Å². The fourth-order valence-electron chi connectivity index (χ4n) is 2.24. The minimum absolute atomic E-state index is 0.336. The minimum Gasteiger partial charge on any atom is -0.317 e. The monoisotopic (exact) mass is 285 g/mol. The second-order valence-electron chi connectivity index (χ2n) is 6.67. The van der Waals surface area contributed by atoms with Gasteiger partial charge in [-0.2, -0.15) is 5.10 Å². The van der Waals surface area contributed by atoms with Crippen molar-refractivity contribution >= 4 is 11.6 Å². The van der Waals surface area contributed by atoms with Crippen LogP contribution in [0.25, 0.3) is 0 Å². The van der Waals surface area contributed by atoms with Crippen LogP contribution in [0, 0.1) is 18.3 Å². The topological polar surface area (TPSA) is 29.9 Å². The van der Waals surface area contributed by atoms with Crippen LogP contribution in [0.4, 0.5) is 0 Å². The van der Waals surface area contributed by atoms with Crippen molar-refractivity contribution in [3.63, 3.8) is 0 Å². The van der Waals surface area contributed by atoms with E-state index in [1.165, 1.54) is 5.56 Å². The van der Waals surface area contributed by atoms with Gasteiger partial charge in [0.05, 0.1) is 5.69 Å². The van der Waals surface area contributed by atoms with E-state index < -0.39 is 0 Å². The molecule has 19 heavy (non-hydrogen) atoms. The van der Waals surface area contributed by atoms with Crippen LogP contribution in [0.3, 0.4) is 0 Å². The third kappa shape index (κ3) is 4.22. The maximum Gasteiger partial charge on any atom is 0.130 e. The van der Waals surface area contributed by atoms with Gasteiger partial charge >= 0.3 is 0 Å². The molecule has 0 aliphatic heterocycles. The molecule has 1 heterocycles. The molecule has 2 atom stereocenters. The highest BCUT2D eigenvalue weighted by Crippen LogP contribution is 2.30. The SMILES string of the molecule is CNC(Cc1c(C)nn(C)c1Cl)CC(C)C(C)(C)C. The van der Waals surface area contributed by atoms with Crippen molar-refractivity contribution in [3.8, 4) is 0 Å². The van der Waals surface area contributed by atoms with Crippen LogP contribution in [0.2, 0.25) is 5.15 Å². The Morgan fingerprint density at radius 2 is 1.95 bits per heavy atom. The first-order chi connectivity index (χ1) is 8.66. The van der Waals surface area contributed by atoms with Gasteiger partial charge in [-0.25, -0.2) is 0 Å². The normalized spacial score (nSPS) is 15.6. The molecule has 0 radical (unpaired) electrons. The summed E-state index contributed by atoms with van der Waals surface area (Å²) in [7, 11) is 3.92. The maximum atomic E-state index is 6.31. The summed E-state index contributed by atoms with van der Waals surface area (Å²) in [5.74, 6) is 0.653. The number of rotatable bonds is 5. The average Bonchev–Trinajstić information content (AvgIpc) is 2.53. The van der Waals surface area contributed by atoms with Gasteiger partial charge in [0.1, 0.15) is 5.15 Å². The van der Waals surface area contributed by atoms with E-state index in [9.17, 15) is 0 Å². The zero-order chi connectivity index (χ0) is 14.8. The summed E-state index contributed by atoms with van der Waals surface area (Å²) >= 11 is 6.31. The summed E-state index contributed by atoms with van der Waals surface area (Å²) in [6.45, 7) is 11.2. The molecule has 3 nitrogen and oxygen atoms in total. The van der Waals surface area contributed by atoms with Crippen molar-refractivity contribution in [1.29, 1.82) is 0 Å². The quantitative estimate of drug-likeness (QED) is 0.896. The Bertz CT molecular complexity index is 418. The number of aromatic nitrogens is 2. The van der Waals surface area contributed by atoms with Gasteiger partial charge in [0.15, 0.2) is 0 Å². The van der Waals surface area contributed by atoms with Gasteiger partial charge in [0.25, 0.3) is 0 Å². The molecule has 1 rings (SSSR count). The minimum atomic E-state index is 0.336. The molecule has 110 valence electrons. The van der Waals surface area contributed by atoms with Crippen molar-refractivity contribution in [2.24, 2.45) is 18.4 Å². The van der Waals surface area contributed by atoms with Crippen LogP contribution in [0.5, 0.6) is 0 Å². The second kappa shape index (κ2) is 6.27. The number of nitrogens with zero attached hydrogens (tertiary/aromatic N) is 2. The van der Waals surface area contributed by atoms with Gasteiger partial charge in [-0.05, 0) is 38.1 Å². The molecule has 1 N–H and O–H groups in total. The molecular formula is C15H28ClN3. The molecule has 0 bridgehead atoms. The van der Waals surface area contributed by atoms with Crippen molar-refractivity contribution in [2.45, 2.75) is 53.5 Å². The number of hydrogen-bond donors (Lipinski definition) is 1. The summed E-state index contributed by atoms with van der Waals surface area (Å²) in [5, 5.41) is 8.57. The first-order valence-electron chi connectivity index (χ1n) is 7.02. The third-order valence-corrected chi connectivity index (χ3v) is 4.72. The predicted octanol–water partition coefficient (Wildman–Crippen LogP) is 3.58. The highest BCUT2D eigenvalue weighted by atomic mass is 35.5. The molecule has 0 saturated carbocycles. The molecule has 0 amide bonds. The predicted molar refractivity (Wildman–Crippen MR) is 82.7 cm³/mol. The van der Waals surface area contributed by atoms with E-state index in [2.05, 4.69) is 38.1 Å². The van der Waals surface area contributed by atoms with Crippen molar-refractivity contribution in [3.05, 3.63) is 16.4 Å². The smallest absolute Gasteiger partial charge is 0.130 e. The fraction of sp³-hybridized carbons (Fsp3) is 0.800. The lowest BCUT2D eigenvalue weighted by atomic mass is 9.78. The van der Waals surface area contributed by atoms with E-state index in [4.69, 9.17) is 11.6 Å². The molecule has 1 aromatic heterocycles. The number of halogens is 1. The second-order valence-corrected chi connectivity index (χ2v) is 7.03. The van der Waals surface area contributed by atoms with Gasteiger partial charge in [-0.15, -0.1) is 0 Å². The lowest BCUT2D eigenvalue weighted by Gasteiger charge is -2.30. The average molecular weight is 286 g/mol. The molecule has 0 spiro atoms. The Morgan fingerprint density at radius 1 is 1.37 bits per heavy atom. The molecule has 4 heteroatoms. The van der Waals surface area contributed by atoms with Crippen LogP contribution in [0.1, 0.15) is 45.4 Å². The van der Waals surface area contributed by atoms with E-state index >= 15 is 0 Å². The summed E-state index contributed by atoms with van der Waals surface area (Å²) in [6.07, 6.45) is 2.08. The Labute approximate surface area is 122 Å². The van der Waals surface area contributed by atoms with E-state index in [1.54, 1.807) is 4.68 Å². The molecule has 0 fully saturated rings. The molecule has 0 aromatic carbocycles. The number of aryl methyl sites for hydroxylation is 2. The zero-order valence-corrected chi connectivity index (χ0v) is 14.1. The van der Waals surface area contributed by atoms with Gasteiger partial charge in [0.2, 0.25) is 0 Å². The lowest BCUT2D eigenvalue weighted by molar-refractivity contribution is 0.225. The van der Waals surface area contributed by atoms with E-state index in [-0.39, 0.29) is 0 Å². The van der Waals surface area contributed by atoms with Crippen LogP contribution >= 0.6 is 11.6 Å². The standard InChI is InChI=1S/C15H28ClN3/c1-10(15(3,4)5)8-12(17-6)9-13-11(2)18-19(7)14(13)16/h10,12,17H,8-9H2,1-7H3. The Hall–Kier alpha value is -0.540. The summed E-state index contributed by atoms with van der Waals surface area (Å²) in [4.78, 5) is 0. The fourth-order valence-corrected chi connectivity index (χ4v) is 2.49. The first-order valence-corrected chi connectivity index (χ1v) is 7.39. The Kier molecular flexibility index (Phi) is 5.45. The number of hydrogen-bond acceptors (Lipinski definition) is 2. The van der Waals surface area contributed by atoms with Crippen LogP contribution in [-0.4, -0.2) is 22.9 Å². The molecular weight excluding hydrogens is 258 g/mol. The summed E-state index contributed by atoms with van der Waals surface area (Å²) in [6, 6.07) is 0.439. The van der Waals surface area contributed by atoms with Crippen LogP contribution in [0.15, 0.2) is 0 Å². The molecule has 2 unspecified atom stereocenters. The van der Waals surface area contributed by atoms with Gasteiger partial charge in [-0.3, -0.25) is 4.68 Å². The molecule has 1 aromatic rings. The van der Waals surface area contributed by atoms with Gasteiger partial charge in [0, 0.05) is 18.7 Å². The first kappa shape index (κ1) is 16.5. The van der Waals surface area contributed by atoms with Crippen molar-refractivity contribution in [1.82, 2.24) is 15.1 Å². The van der Waals surface area contributed by atoms with Crippen LogP contribution in [-0.2, 0) is 13.5 Å². The highest BCUT2D eigenvalue weighted by molar-refractivity contribution is 6.30. The highest BCUT2D eigenvalue weighted by Gasteiger charge is 2.24. The number of nitrogens with one attached hydrogen (secondary N) is 1. The van der Waals surface area contributed by atoms with Crippen LogP contribution < -0.4 is 5.32 Å². The number of likely N-dealkylation sites (N-methyl/N-ethyl adjacent to an activating group) is 1. The van der Waals surface area contributed by atoms with E-state index in [1.807, 2.05) is 21.0 Å². The molecule has 0 saturated heterocycles.